The van der Waals surface area contributed by atoms with E-state index in [1.807, 2.05) is 0 Å². The van der Waals surface area contributed by atoms with E-state index in [0.29, 0.717) is 12.6 Å². The third-order valence-corrected chi connectivity index (χ3v) is 2.93. The van der Waals surface area contributed by atoms with E-state index in [1.165, 1.54) is 19.3 Å². The summed E-state index contributed by atoms with van der Waals surface area (Å²) in [5.74, 6) is 1.59. The highest BCUT2D eigenvalue weighted by Crippen LogP contribution is 2.28. The summed E-state index contributed by atoms with van der Waals surface area (Å²) in [4.78, 5) is 0. The first-order chi connectivity index (χ1) is 5.74. The molecule has 1 rings (SSSR count). The predicted molar refractivity (Wildman–Crippen MR) is 49.9 cm³/mol. The van der Waals surface area contributed by atoms with E-state index < -0.39 is 0 Å². The van der Waals surface area contributed by atoms with Gasteiger partial charge in [0.1, 0.15) is 6.67 Å². The Labute approximate surface area is 74.7 Å². The molecule has 0 radical (unpaired) electrons. The van der Waals surface area contributed by atoms with Crippen molar-refractivity contribution in [3.8, 4) is 0 Å². The third-order valence-electron chi connectivity index (χ3n) is 2.93. The van der Waals surface area contributed by atoms with Gasteiger partial charge in [-0.05, 0) is 31.1 Å². The van der Waals surface area contributed by atoms with Crippen molar-refractivity contribution in [2.24, 2.45) is 11.8 Å². The Morgan fingerprint density at radius 3 is 2.67 bits per heavy atom. The molecule has 1 aliphatic rings. The van der Waals surface area contributed by atoms with Crippen LogP contribution in [0.2, 0.25) is 0 Å². The zero-order chi connectivity index (χ0) is 8.97. The molecule has 0 aromatic carbocycles. The first-order valence-corrected chi connectivity index (χ1v) is 5.03. The topological polar surface area (TPSA) is 12.0 Å². The van der Waals surface area contributed by atoms with Gasteiger partial charge in [-0.15, -0.1) is 0 Å². The molecule has 2 heteroatoms. The van der Waals surface area contributed by atoms with Crippen molar-refractivity contribution in [2.75, 3.05) is 13.2 Å². The molecule has 3 unspecified atom stereocenters. The highest BCUT2D eigenvalue weighted by atomic mass is 19.1. The van der Waals surface area contributed by atoms with E-state index in [9.17, 15) is 4.39 Å². The molecule has 0 amide bonds. The van der Waals surface area contributed by atoms with Gasteiger partial charge in [0.05, 0.1) is 0 Å². The van der Waals surface area contributed by atoms with Crippen molar-refractivity contribution in [3.05, 3.63) is 0 Å². The molecule has 0 spiro atoms. The number of hydrogen-bond donors (Lipinski definition) is 1. The van der Waals surface area contributed by atoms with Crippen molar-refractivity contribution in [1.29, 1.82) is 0 Å². The molecule has 72 valence electrons. The van der Waals surface area contributed by atoms with Gasteiger partial charge in [0.15, 0.2) is 0 Å². The summed E-state index contributed by atoms with van der Waals surface area (Å²) in [5.41, 5.74) is 0. The molecule has 1 fully saturated rings. The molecule has 0 bridgehead atoms. The van der Waals surface area contributed by atoms with Gasteiger partial charge < -0.3 is 5.32 Å². The van der Waals surface area contributed by atoms with Gasteiger partial charge in [0, 0.05) is 12.6 Å². The average Bonchev–Trinajstić information content (AvgIpc) is 2.03. The molecule has 3 atom stereocenters. The van der Waals surface area contributed by atoms with E-state index in [4.69, 9.17) is 0 Å². The molecule has 0 heterocycles. The minimum atomic E-state index is -0.237. The van der Waals surface area contributed by atoms with Crippen molar-refractivity contribution in [1.82, 2.24) is 5.32 Å². The van der Waals surface area contributed by atoms with Crippen LogP contribution in [0.3, 0.4) is 0 Å². The van der Waals surface area contributed by atoms with Gasteiger partial charge in [0.25, 0.3) is 0 Å². The Morgan fingerprint density at radius 2 is 2.08 bits per heavy atom. The molecule has 0 aliphatic heterocycles. The van der Waals surface area contributed by atoms with Crippen LogP contribution in [-0.2, 0) is 0 Å². The zero-order valence-electron chi connectivity index (χ0n) is 8.15. The summed E-state index contributed by atoms with van der Waals surface area (Å²) in [6.07, 6.45) is 3.82. The Morgan fingerprint density at radius 1 is 1.33 bits per heavy atom. The summed E-state index contributed by atoms with van der Waals surface area (Å²) in [7, 11) is 0. The minimum absolute atomic E-state index is 0.237. The normalized spacial score (nSPS) is 36.8. The smallest absolute Gasteiger partial charge is 0.102 e. The van der Waals surface area contributed by atoms with Crippen molar-refractivity contribution < 1.29 is 4.39 Å². The van der Waals surface area contributed by atoms with E-state index in [0.717, 1.165) is 11.8 Å². The molecule has 0 saturated heterocycles. The number of halogens is 1. The minimum Gasteiger partial charge on any atom is -0.311 e. The maximum atomic E-state index is 11.9. The fraction of sp³-hybridized carbons (Fsp3) is 1.00. The molecule has 1 saturated carbocycles. The molecule has 0 aromatic heterocycles. The van der Waals surface area contributed by atoms with Crippen LogP contribution in [0.1, 0.15) is 33.1 Å². The van der Waals surface area contributed by atoms with Crippen LogP contribution in [0.4, 0.5) is 4.39 Å². The van der Waals surface area contributed by atoms with Gasteiger partial charge in [-0.2, -0.15) is 0 Å². The Hall–Kier alpha value is -0.110. The van der Waals surface area contributed by atoms with Crippen molar-refractivity contribution in [2.45, 2.75) is 39.2 Å². The molecule has 0 aromatic rings. The second-order valence-corrected chi connectivity index (χ2v) is 4.15. The van der Waals surface area contributed by atoms with Gasteiger partial charge in [-0.1, -0.05) is 13.8 Å². The van der Waals surface area contributed by atoms with E-state index in [-0.39, 0.29) is 6.67 Å². The molecule has 12 heavy (non-hydrogen) atoms. The van der Waals surface area contributed by atoms with Crippen molar-refractivity contribution in [3.63, 3.8) is 0 Å². The summed E-state index contributed by atoms with van der Waals surface area (Å²) >= 11 is 0. The van der Waals surface area contributed by atoms with Crippen LogP contribution in [0.25, 0.3) is 0 Å². The fourth-order valence-corrected chi connectivity index (χ4v) is 2.21. The highest BCUT2D eigenvalue weighted by molar-refractivity contribution is 4.80. The van der Waals surface area contributed by atoms with Crippen LogP contribution in [-0.4, -0.2) is 19.3 Å². The maximum absolute atomic E-state index is 11.9. The molecule has 1 N–H and O–H groups in total. The van der Waals surface area contributed by atoms with Gasteiger partial charge in [-0.25, -0.2) is 4.39 Å². The summed E-state index contributed by atoms with van der Waals surface area (Å²) in [5, 5.41) is 3.27. The van der Waals surface area contributed by atoms with Gasteiger partial charge in [0.2, 0.25) is 0 Å². The standard InChI is InChI=1S/C10H20FN/c1-8-3-4-10(9(2)7-8)12-6-5-11/h8-10,12H,3-7H2,1-2H3. The fourth-order valence-electron chi connectivity index (χ4n) is 2.21. The number of nitrogens with one attached hydrogen (secondary N) is 1. The first kappa shape index (κ1) is 9.97. The first-order valence-electron chi connectivity index (χ1n) is 5.03. The van der Waals surface area contributed by atoms with Crippen LogP contribution < -0.4 is 5.32 Å². The lowest BCUT2D eigenvalue weighted by Gasteiger charge is -2.33. The Kier molecular flexibility index (Phi) is 3.99. The molecule has 1 nitrogen and oxygen atoms in total. The van der Waals surface area contributed by atoms with Crippen molar-refractivity contribution >= 4 is 0 Å². The highest BCUT2D eigenvalue weighted by Gasteiger charge is 2.24. The van der Waals surface area contributed by atoms with Crippen LogP contribution in [0.5, 0.6) is 0 Å². The Bertz CT molecular complexity index is 125. The molecular weight excluding hydrogens is 153 g/mol. The quantitative estimate of drug-likeness (QED) is 0.691. The number of hydrogen-bond acceptors (Lipinski definition) is 1. The Balaban J connectivity index is 2.25. The second-order valence-electron chi connectivity index (χ2n) is 4.15. The predicted octanol–water partition coefficient (Wildman–Crippen LogP) is 2.37. The zero-order valence-corrected chi connectivity index (χ0v) is 8.15. The second kappa shape index (κ2) is 4.80. The monoisotopic (exact) mass is 173 g/mol. The van der Waals surface area contributed by atoms with Gasteiger partial charge >= 0.3 is 0 Å². The molecule has 1 aliphatic carbocycles. The van der Waals surface area contributed by atoms with E-state index in [2.05, 4.69) is 19.2 Å². The number of rotatable bonds is 3. The van der Waals surface area contributed by atoms with Gasteiger partial charge in [-0.3, -0.25) is 0 Å². The van der Waals surface area contributed by atoms with Crippen LogP contribution >= 0.6 is 0 Å². The van der Waals surface area contributed by atoms with E-state index >= 15 is 0 Å². The number of alkyl halides is 1. The average molecular weight is 173 g/mol. The maximum Gasteiger partial charge on any atom is 0.102 e. The molecular formula is C10H20FN. The lowest BCUT2D eigenvalue weighted by molar-refractivity contribution is 0.225. The SMILES string of the molecule is CC1CCC(NCCF)C(C)C1. The lowest BCUT2D eigenvalue weighted by atomic mass is 9.80. The van der Waals surface area contributed by atoms with Crippen LogP contribution in [0.15, 0.2) is 0 Å². The summed E-state index contributed by atoms with van der Waals surface area (Å²) in [6, 6.07) is 0.567. The van der Waals surface area contributed by atoms with E-state index in [1.54, 1.807) is 0 Å². The summed E-state index contributed by atoms with van der Waals surface area (Å²) in [6.45, 7) is 4.87. The largest absolute Gasteiger partial charge is 0.311 e. The van der Waals surface area contributed by atoms with Crippen LogP contribution in [0, 0.1) is 11.8 Å². The third kappa shape index (κ3) is 2.74. The summed E-state index contributed by atoms with van der Waals surface area (Å²) < 4.78 is 11.9. The lowest BCUT2D eigenvalue weighted by Crippen LogP contribution is -2.39.